The number of phenols is 1. The highest BCUT2D eigenvalue weighted by molar-refractivity contribution is 6.53. The van der Waals surface area contributed by atoms with Crippen LogP contribution >= 0.6 is 34.8 Å². The number of amides is 4. The topological polar surface area (TPSA) is 104 Å². The maximum atomic E-state index is 14.0. The molecular weight excluding hydrogens is 579 g/mol. The standard InChI is InChI=1S/C29H25Cl3N2O6/c1-13-7-8-14(11-19(13)30)34-24(36)16-10-9-15-18(21(16)25(34)37)12-28(31)26(38)33(2)27(39)29(28,32)22(15)17-5-4-6-20(40-3)23(17)35/h4-9,11,16,18,21-22,35H,10,12H2,1-3H3. The number of ether oxygens (including phenoxy) is 1. The van der Waals surface area contributed by atoms with Crippen LogP contribution in [0.3, 0.4) is 0 Å². The summed E-state index contributed by atoms with van der Waals surface area (Å²) in [6.45, 7) is 1.82. The second kappa shape index (κ2) is 8.96. The van der Waals surface area contributed by atoms with Crippen molar-refractivity contribution < 1.29 is 29.0 Å². The van der Waals surface area contributed by atoms with Crippen LogP contribution in [0.1, 0.15) is 29.9 Å². The number of anilines is 1. The van der Waals surface area contributed by atoms with Crippen molar-refractivity contribution >= 4 is 64.1 Å². The quantitative estimate of drug-likeness (QED) is 0.314. The zero-order valence-corrected chi connectivity index (χ0v) is 24.0. The molecule has 2 saturated heterocycles. The molecule has 4 aliphatic rings. The summed E-state index contributed by atoms with van der Waals surface area (Å²) in [7, 11) is 2.70. The number of para-hydroxylation sites is 1. The molecule has 3 fully saturated rings. The first-order chi connectivity index (χ1) is 18.9. The summed E-state index contributed by atoms with van der Waals surface area (Å²) < 4.78 is 5.31. The summed E-state index contributed by atoms with van der Waals surface area (Å²) in [5.74, 6) is -5.64. The minimum absolute atomic E-state index is 0.136. The van der Waals surface area contributed by atoms with Crippen molar-refractivity contribution in [2.75, 3.05) is 19.1 Å². The second-order valence-electron chi connectivity index (χ2n) is 10.8. The molecule has 2 aliphatic heterocycles. The number of imide groups is 2. The van der Waals surface area contributed by atoms with E-state index in [0.717, 1.165) is 15.4 Å². The lowest BCUT2D eigenvalue weighted by Crippen LogP contribution is -2.60. The number of allylic oxidation sites excluding steroid dienone is 2. The number of aromatic hydroxyl groups is 1. The zero-order valence-electron chi connectivity index (χ0n) is 21.8. The van der Waals surface area contributed by atoms with E-state index in [2.05, 4.69) is 0 Å². The number of nitrogens with zero attached hydrogens (tertiary/aromatic N) is 2. The number of alkyl halides is 2. The van der Waals surface area contributed by atoms with Gasteiger partial charge in [-0.2, -0.15) is 0 Å². The van der Waals surface area contributed by atoms with E-state index in [9.17, 15) is 24.3 Å². The molecule has 6 atom stereocenters. The molecule has 6 rings (SSSR count). The van der Waals surface area contributed by atoms with Gasteiger partial charge in [0.15, 0.2) is 21.2 Å². The van der Waals surface area contributed by atoms with Crippen LogP contribution in [0.25, 0.3) is 0 Å². The maximum Gasteiger partial charge on any atom is 0.253 e. The monoisotopic (exact) mass is 602 g/mol. The predicted molar refractivity (Wildman–Crippen MR) is 149 cm³/mol. The molecule has 2 aromatic carbocycles. The van der Waals surface area contributed by atoms with E-state index in [1.807, 2.05) is 13.0 Å². The van der Waals surface area contributed by atoms with Gasteiger partial charge in [-0.3, -0.25) is 24.1 Å². The molecular formula is C29H25Cl3N2O6. The summed E-state index contributed by atoms with van der Waals surface area (Å²) in [5, 5.41) is 11.6. The third-order valence-corrected chi connectivity index (χ3v) is 10.8. The molecule has 2 aromatic rings. The minimum Gasteiger partial charge on any atom is -0.504 e. The van der Waals surface area contributed by atoms with Gasteiger partial charge in [0.2, 0.25) is 11.8 Å². The fourth-order valence-electron chi connectivity index (χ4n) is 7.00. The van der Waals surface area contributed by atoms with Crippen LogP contribution in [-0.2, 0) is 19.2 Å². The Kier molecular flexibility index (Phi) is 6.08. The lowest BCUT2D eigenvalue weighted by atomic mass is 9.56. The Labute approximate surface area is 245 Å². The third kappa shape index (κ3) is 3.27. The lowest BCUT2D eigenvalue weighted by Gasteiger charge is -2.50. The van der Waals surface area contributed by atoms with Crippen molar-refractivity contribution in [2.45, 2.75) is 35.4 Å². The van der Waals surface area contributed by atoms with Crippen molar-refractivity contribution in [3.8, 4) is 11.5 Å². The van der Waals surface area contributed by atoms with E-state index < -0.39 is 51.1 Å². The van der Waals surface area contributed by atoms with Gasteiger partial charge in [-0.05, 0) is 49.4 Å². The first kappa shape index (κ1) is 27.1. The van der Waals surface area contributed by atoms with Crippen molar-refractivity contribution in [3.05, 3.63) is 64.2 Å². The number of fused-ring (bicyclic) bond motifs is 4. The Morgan fingerprint density at radius 2 is 1.75 bits per heavy atom. The number of aryl methyl sites for hydroxylation is 1. The van der Waals surface area contributed by atoms with Crippen LogP contribution in [0.4, 0.5) is 5.69 Å². The molecule has 6 unspecified atom stereocenters. The fourth-order valence-corrected chi connectivity index (χ4v) is 8.19. The second-order valence-corrected chi connectivity index (χ2v) is 12.5. The molecule has 0 aromatic heterocycles. The highest BCUT2D eigenvalue weighted by atomic mass is 35.5. The fraction of sp³-hybridized carbons (Fsp3) is 0.379. The zero-order chi connectivity index (χ0) is 28.9. The number of halogens is 3. The molecule has 2 aliphatic carbocycles. The van der Waals surface area contributed by atoms with Gasteiger partial charge in [0, 0.05) is 23.6 Å². The van der Waals surface area contributed by atoms with Gasteiger partial charge >= 0.3 is 0 Å². The molecule has 2 heterocycles. The summed E-state index contributed by atoms with van der Waals surface area (Å²) in [4.78, 5) is 53.0. The summed E-state index contributed by atoms with van der Waals surface area (Å²) >= 11 is 20.6. The van der Waals surface area contributed by atoms with Crippen LogP contribution in [0.2, 0.25) is 5.02 Å². The average molecular weight is 604 g/mol. The van der Waals surface area contributed by atoms with E-state index in [0.29, 0.717) is 16.3 Å². The van der Waals surface area contributed by atoms with Crippen molar-refractivity contribution in [1.29, 1.82) is 0 Å². The van der Waals surface area contributed by atoms with Crippen molar-refractivity contribution in [1.82, 2.24) is 4.90 Å². The first-order valence-corrected chi connectivity index (χ1v) is 13.9. The largest absolute Gasteiger partial charge is 0.504 e. The number of likely N-dealkylation sites (tertiary alicyclic amines) is 1. The van der Waals surface area contributed by atoms with Gasteiger partial charge in [0.05, 0.1) is 24.6 Å². The van der Waals surface area contributed by atoms with E-state index in [-0.39, 0.29) is 35.8 Å². The molecule has 8 nitrogen and oxygen atoms in total. The summed E-state index contributed by atoms with van der Waals surface area (Å²) in [5.41, 5.74) is 1.98. The molecule has 11 heteroatoms. The van der Waals surface area contributed by atoms with Gasteiger partial charge in [0.25, 0.3) is 11.8 Å². The maximum absolute atomic E-state index is 14.0. The Bertz CT molecular complexity index is 1560. The smallest absolute Gasteiger partial charge is 0.253 e. The summed E-state index contributed by atoms with van der Waals surface area (Å²) in [6, 6.07) is 9.77. The molecule has 0 radical (unpaired) electrons. The van der Waals surface area contributed by atoms with Crippen LogP contribution in [0.5, 0.6) is 11.5 Å². The van der Waals surface area contributed by atoms with Gasteiger partial charge < -0.3 is 9.84 Å². The molecule has 1 saturated carbocycles. The Morgan fingerprint density at radius 1 is 1.02 bits per heavy atom. The number of phenolic OH excluding ortho intramolecular Hbond substituents is 1. The number of carbonyl (C=O) groups excluding carboxylic acids is 4. The van der Waals surface area contributed by atoms with Gasteiger partial charge in [0.1, 0.15) is 0 Å². The van der Waals surface area contributed by atoms with Crippen LogP contribution < -0.4 is 9.64 Å². The van der Waals surface area contributed by atoms with Gasteiger partial charge in [-0.15, -0.1) is 23.2 Å². The highest BCUT2D eigenvalue weighted by Crippen LogP contribution is 2.66. The average Bonchev–Trinajstić information content (AvgIpc) is 3.25. The Hall–Kier alpha value is -3.07. The van der Waals surface area contributed by atoms with Gasteiger partial charge in [-0.1, -0.05) is 41.4 Å². The van der Waals surface area contributed by atoms with Crippen molar-refractivity contribution in [2.24, 2.45) is 17.8 Å². The number of methoxy groups -OCH3 is 1. The minimum atomic E-state index is -1.99. The SMILES string of the molecule is COc1cccc(C2C3=CCC4C(=O)N(c5ccc(C)c(Cl)c5)C(=O)C4C3CC3(Cl)C(=O)N(C)C(=O)C23Cl)c1O. The Morgan fingerprint density at radius 3 is 2.42 bits per heavy atom. The third-order valence-electron chi connectivity index (χ3n) is 8.99. The number of hydrogen-bond donors (Lipinski definition) is 1. The molecule has 208 valence electrons. The predicted octanol–water partition coefficient (Wildman–Crippen LogP) is 4.56. The highest BCUT2D eigenvalue weighted by Gasteiger charge is 2.76. The van der Waals surface area contributed by atoms with Crippen molar-refractivity contribution in [3.63, 3.8) is 0 Å². The van der Waals surface area contributed by atoms with E-state index in [4.69, 9.17) is 39.5 Å². The molecule has 40 heavy (non-hydrogen) atoms. The van der Waals surface area contributed by atoms with Crippen LogP contribution in [0.15, 0.2) is 48.0 Å². The van der Waals surface area contributed by atoms with Crippen LogP contribution in [-0.4, -0.2) is 57.5 Å². The van der Waals surface area contributed by atoms with E-state index in [1.54, 1.807) is 36.4 Å². The molecule has 1 N–H and O–H groups in total. The normalized spacial score (nSPS) is 33.1. The first-order valence-electron chi connectivity index (χ1n) is 12.8. The number of hydrogen-bond acceptors (Lipinski definition) is 6. The number of benzene rings is 2. The molecule has 0 bridgehead atoms. The summed E-state index contributed by atoms with van der Waals surface area (Å²) in [6.07, 6.45) is 1.88. The Balaban J connectivity index is 1.53. The van der Waals surface area contributed by atoms with Gasteiger partial charge in [-0.25, -0.2) is 4.90 Å². The number of rotatable bonds is 3. The number of carbonyl (C=O) groups is 4. The van der Waals surface area contributed by atoms with E-state index >= 15 is 0 Å². The van der Waals surface area contributed by atoms with E-state index in [1.165, 1.54) is 14.2 Å². The lowest BCUT2D eigenvalue weighted by molar-refractivity contribution is -0.138. The molecule has 0 spiro atoms. The van der Waals surface area contributed by atoms with Crippen LogP contribution in [0, 0.1) is 24.7 Å². The molecule has 4 amide bonds.